The maximum absolute atomic E-state index is 12.9. The van der Waals surface area contributed by atoms with Crippen molar-refractivity contribution in [2.45, 2.75) is 25.5 Å². The largest absolute Gasteiger partial charge is 0.507 e. The van der Waals surface area contributed by atoms with Crippen LogP contribution >= 0.6 is 15.9 Å². The summed E-state index contributed by atoms with van der Waals surface area (Å²) in [5.74, 6) is -0.678. The fourth-order valence-corrected chi connectivity index (χ4v) is 3.00. The highest BCUT2D eigenvalue weighted by atomic mass is 79.9. The highest BCUT2D eigenvalue weighted by Crippen LogP contribution is 2.38. The number of halogens is 1. The molecule has 0 radical (unpaired) electrons. The third-order valence-electron chi connectivity index (χ3n) is 4.08. The standard InChI is InChI=1S/C18H17BrN2O3/c1-2-14-11-18(24,12-7-9-13(19)10-8-12)21(20-14)17(23)15-5-3-4-6-16(15)22/h3-10,22,24H,2,11H2,1H3/t18-/m0/s1. The summed E-state index contributed by atoms with van der Waals surface area (Å²) in [4.78, 5) is 12.9. The first-order chi connectivity index (χ1) is 11.5. The van der Waals surface area contributed by atoms with Gasteiger partial charge in [-0.2, -0.15) is 10.1 Å². The number of benzene rings is 2. The average Bonchev–Trinajstić information content (AvgIpc) is 2.93. The van der Waals surface area contributed by atoms with Gasteiger partial charge in [0.1, 0.15) is 5.75 Å². The van der Waals surface area contributed by atoms with Crippen LogP contribution in [0, 0.1) is 0 Å². The summed E-state index contributed by atoms with van der Waals surface area (Å²) in [6.45, 7) is 1.93. The highest BCUT2D eigenvalue weighted by Gasteiger charge is 2.46. The minimum absolute atomic E-state index is 0.106. The Balaban J connectivity index is 2.05. The van der Waals surface area contributed by atoms with Crippen LogP contribution in [0.1, 0.15) is 35.7 Å². The molecule has 6 heteroatoms. The van der Waals surface area contributed by atoms with E-state index in [-0.39, 0.29) is 17.7 Å². The van der Waals surface area contributed by atoms with Gasteiger partial charge in [-0.1, -0.05) is 47.1 Å². The number of phenolic OH excluding ortho intramolecular Hbond substituents is 1. The van der Waals surface area contributed by atoms with Gasteiger partial charge in [-0.25, -0.2) is 0 Å². The fourth-order valence-electron chi connectivity index (χ4n) is 2.74. The number of nitrogens with zero attached hydrogens (tertiary/aromatic N) is 2. The molecule has 2 aromatic carbocycles. The lowest BCUT2D eigenvalue weighted by Gasteiger charge is -2.31. The molecule has 0 aromatic heterocycles. The van der Waals surface area contributed by atoms with Gasteiger partial charge in [-0.15, -0.1) is 0 Å². The summed E-state index contributed by atoms with van der Waals surface area (Å²) in [7, 11) is 0. The first-order valence-corrected chi connectivity index (χ1v) is 8.42. The van der Waals surface area contributed by atoms with Gasteiger partial charge < -0.3 is 10.2 Å². The van der Waals surface area contributed by atoms with E-state index < -0.39 is 11.6 Å². The number of aromatic hydroxyl groups is 1. The van der Waals surface area contributed by atoms with Crippen molar-refractivity contribution in [3.05, 3.63) is 64.1 Å². The quantitative estimate of drug-likeness (QED) is 0.843. The monoisotopic (exact) mass is 388 g/mol. The van der Waals surface area contributed by atoms with Crippen molar-refractivity contribution >= 4 is 27.5 Å². The zero-order valence-corrected chi connectivity index (χ0v) is 14.7. The number of carbonyl (C=O) groups excluding carboxylic acids is 1. The molecule has 0 aliphatic carbocycles. The SMILES string of the molecule is CCC1=NN(C(=O)c2ccccc2O)[C@@](O)(c2ccc(Br)cc2)C1. The molecular weight excluding hydrogens is 372 g/mol. The topological polar surface area (TPSA) is 73.1 Å². The van der Waals surface area contributed by atoms with E-state index in [1.807, 2.05) is 6.92 Å². The Kier molecular flexibility index (Phi) is 4.43. The van der Waals surface area contributed by atoms with Crippen molar-refractivity contribution < 1.29 is 15.0 Å². The van der Waals surface area contributed by atoms with Gasteiger partial charge in [-0.3, -0.25) is 4.79 Å². The van der Waals surface area contributed by atoms with Gasteiger partial charge in [-0.05, 0) is 30.7 Å². The molecular formula is C18H17BrN2O3. The molecule has 1 amide bonds. The van der Waals surface area contributed by atoms with Crippen molar-refractivity contribution in [1.82, 2.24) is 5.01 Å². The molecule has 0 fully saturated rings. The Morgan fingerprint density at radius 3 is 2.54 bits per heavy atom. The fraction of sp³-hybridized carbons (Fsp3) is 0.222. The van der Waals surface area contributed by atoms with Crippen molar-refractivity contribution in [3.63, 3.8) is 0 Å². The molecule has 1 aliphatic rings. The Labute approximate surface area is 148 Å². The van der Waals surface area contributed by atoms with E-state index in [1.54, 1.807) is 36.4 Å². The number of aliphatic hydroxyl groups is 1. The maximum Gasteiger partial charge on any atom is 0.280 e. The number of para-hydroxylation sites is 1. The van der Waals surface area contributed by atoms with Crippen LogP contribution in [0.2, 0.25) is 0 Å². The van der Waals surface area contributed by atoms with Gasteiger partial charge >= 0.3 is 0 Å². The molecule has 2 N–H and O–H groups in total. The van der Waals surface area contributed by atoms with E-state index in [4.69, 9.17) is 0 Å². The molecule has 0 saturated carbocycles. The Hall–Kier alpha value is -2.18. The smallest absolute Gasteiger partial charge is 0.280 e. The number of hydrazone groups is 1. The number of amides is 1. The molecule has 0 spiro atoms. The summed E-state index contributed by atoms with van der Waals surface area (Å²) < 4.78 is 0.878. The average molecular weight is 389 g/mol. The molecule has 3 rings (SSSR count). The van der Waals surface area contributed by atoms with Crippen LogP contribution in [0.25, 0.3) is 0 Å². The van der Waals surface area contributed by atoms with E-state index >= 15 is 0 Å². The molecule has 1 atom stereocenters. The Morgan fingerprint density at radius 2 is 1.92 bits per heavy atom. The first-order valence-electron chi connectivity index (χ1n) is 7.63. The summed E-state index contributed by atoms with van der Waals surface area (Å²) >= 11 is 3.36. The summed E-state index contributed by atoms with van der Waals surface area (Å²) in [5, 5.41) is 26.6. The van der Waals surface area contributed by atoms with Crippen LogP contribution in [0.3, 0.4) is 0 Å². The molecule has 0 saturated heterocycles. The number of hydrogen-bond acceptors (Lipinski definition) is 4. The predicted octanol–water partition coefficient (Wildman–Crippen LogP) is 3.61. The van der Waals surface area contributed by atoms with Gasteiger partial charge in [0.2, 0.25) is 0 Å². The lowest BCUT2D eigenvalue weighted by Crippen LogP contribution is -2.43. The van der Waals surface area contributed by atoms with Gasteiger partial charge in [0.15, 0.2) is 5.72 Å². The lowest BCUT2D eigenvalue weighted by atomic mass is 9.96. The van der Waals surface area contributed by atoms with E-state index in [0.717, 1.165) is 15.2 Å². The summed E-state index contributed by atoms with van der Waals surface area (Å²) in [6.07, 6.45) is 0.869. The minimum Gasteiger partial charge on any atom is -0.507 e. The maximum atomic E-state index is 12.9. The van der Waals surface area contributed by atoms with Crippen LogP contribution in [0.4, 0.5) is 0 Å². The second-order valence-corrected chi connectivity index (χ2v) is 6.57. The van der Waals surface area contributed by atoms with Crippen molar-refractivity contribution in [3.8, 4) is 5.75 Å². The minimum atomic E-state index is -1.56. The molecule has 1 aliphatic heterocycles. The summed E-state index contributed by atoms with van der Waals surface area (Å²) in [6, 6.07) is 13.4. The van der Waals surface area contributed by atoms with Crippen LogP contribution in [0.5, 0.6) is 5.75 Å². The second-order valence-electron chi connectivity index (χ2n) is 5.65. The highest BCUT2D eigenvalue weighted by molar-refractivity contribution is 9.10. The zero-order valence-electron chi connectivity index (χ0n) is 13.1. The molecule has 2 aromatic rings. The third-order valence-corrected chi connectivity index (χ3v) is 4.61. The van der Waals surface area contributed by atoms with Crippen LogP contribution in [0.15, 0.2) is 58.1 Å². The zero-order chi connectivity index (χ0) is 17.3. The van der Waals surface area contributed by atoms with Gasteiger partial charge in [0.25, 0.3) is 5.91 Å². The van der Waals surface area contributed by atoms with Gasteiger partial charge in [0, 0.05) is 22.2 Å². The molecule has 124 valence electrons. The molecule has 0 bridgehead atoms. The molecule has 0 unspecified atom stereocenters. The number of carbonyl (C=O) groups is 1. The Bertz CT molecular complexity index is 804. The van der Waals surface area contributed by atoms with Gasteiger partial charge in [0.05, 0.1) is 5.56 Å². The Morgan fingerprint density at radius 1 is 1.25 bits per heavy atom. The van der Waals surface area contributed by atoms with Crippen molar-refractivity contribution in [2.24, 2.45) is 5.10 Å². The molecule has 1 heterocycles. The lowest BCUT2D eigenvalue weighted by molar-refractivity contribution is -0.0766. The normalized spacial score (nSPS) is 20.1. The number of rotatable bonds is 3. The van der Waals surface area contributed by atoms with E-state index in [2.05, 4.69) is 21.0 Å². The molecule has 5 nitrogen and oxygen atoms in total. The van der Waals surface area contributed by atoms with E-state index in [0.29, 0.717) is 12.0 Å². The number of phenols is 1. The third kappa shape index (κ3) is 2.83. The molecule has 24 heavy (non-hydrogen) atoms. The number of hydrogen-bond donors (Lipinski definition) is 2. The van der Waals surface area contributed by atoms with Crippen molar-refractivity contribution in [2.75, 3.05) is 0 Å². The van der Waals surface area contributed by atoms with E-state index in [9.17, 15) is 15.0 Å². The van der Waals surface area contributed by atoms with Crippen LogP contribution in [-0.4, -0.2) is 26.8 Å². The second kappa shape index (κ2) is 6.37. The van der Waals surface area contributed by atoms with Crippen molar-refractivity contribution in [1.29, 1.82) is 0 Å². The first kappa shape index (κ1) is 16.7. The van der Waals surface area contributed by atoms with Crippen LogP contribution < -0.4 is 0 Å². The summed E-state index contributed by atoms with van der Waals surface area (Å²) in [5.41, 5.74) is -0.161. The van der Waals surface area contributed by atoms with Crippen LogP contribution in [-0.2, 0) is 5.72 Å². The van der Waals surface area contributed by atoms with E-state index in [1.165, 1.54) is 12.1 Å². The predicted molar refractivity (Wildman–Crippen MR) is 94.7 cm³/mol.